The van der Waals surface area contributed by atoms with Crippen molar-refractivity contribution in [1.29, 1.82) is 0 Å². The van der Waals surface area contributed by atoms with E-state index in [0.29, 0.717) is 0 Å². The van der Waals surface area contributed by atoms with E-state index in [4.69, 9.17) is 4.74 Å². The maximum atomic E-state index is 12.1. The molecule has 0 aliphatic heterocycles. The highest BCUT2D eigenvalue weighted by atomic mass is 16.5. The number of benzene rings is 2. The Kier molecular flexibility index (Phi) is 5.43. The van der Waals surface area contributed by atoms with E-state index in [1.54, 1.807) is 0 Å². The van der Waals surface area contributed by atoms with Crippen LogP contribution >= 0.6 is 0 Å². The summed E-state index contributed by atoms with van der Waals surface area (Å²) < 4.78 is 5.62. The number of hydrogen-bond donors (Lipinski definition) is 1. The molecule has 2 aromatic rings. The van der Waals surface area contributed by atoms with Gasteiger partial charge >= 0.3 is 0 Å². The van der Waals surface area contributed by atoms with Crippen molar-refractivity contribution in [2.45, 2.75) is 40.7 Å². The molecule has 3 nitrogen and oxygen atoms in total. The molecule has 0 radical (unpaired) electrons. The number of hydrogen-bond acceptors (Lipinski definition) is 2. The van der Waals surface area contributed by atoms with Crippen molar-refractivity contribution in [1.82, 2.24) is 5.32 Å². The second-order valence-electron chi connectivity index (χ2n) is 6.19. The van der Waals surface area contributed by atoms with Gasteiger partial charge in [0, 0.05) is 0 Å². The molecule has 0 fully saturated rings. The number of amides is 1. The van der Waals surface area contributed by atoms with Crippen LogP contribution in [0.1, 0.15) is 40.8 Å². The molecule has 1 amide bonds. The fourth-order valence-corrected chi connectivity index (χ4v) is 2.51. The van der Waals surface area contributed by atoms with E-state index in [1.807, 2.05) is 39.0 Å². The average molecular weight is 311 g/mol. The van der Waals surface area contributed by atoms with Gasteiger partial charge in [-0.25, -0.2) is 0 Å². The first kappa shape index (κ1) is 17.1. The summed E-state index contributed by atoms with van der Waals surface area (Å²) in [6.07, 6.45) is 0. The molecule has 0 bridgehead atoms. The minimum Gasteiger partial charge on any atom is -0.484 e. The number of ether oxygens (including phenoxy) is 1. The molecule has 1 N–H and O–H groups in total. The molecule has 1 atom stereocenters. The zero-order valence-corrected chi connectivity index (χ0v) is 14.6. The lowest BCUT2D eigenvalue weighted by Crippen LogP contribution is -2.31. The number of rotatable bonds is 5. The van der Waals surface area contributed by atoms with Crippen LogP contribution in [0.5, 0.6) is 5.75 Å². The lowest BCUT2D eigenvalue weighted by atomic mass is 10.0. The molecule has 0 saturated heterocycles. The number of aryl methyl sites for hydroxylation is 4. The molecular formula is C20H25NO2. The molecule has 122 valence electrons. The quantitative estimate of drug-likeness (QED) is 0.899. The molecule has 3 heteroatoms. The van der Waals surface area contributed by atoms with Crippen LogP contribution in [0.3, 0.4) is 0 Å². The first-order chi connectivity index (χ1) is 10.9. The Bertz CT molecular complexity index is 707. The predicted octanol–water partition coefficient (Wildman–Crippen LogP) is 4.18. The molecule has 0 aliphatic carbocycles. The van der Waals surface area contributed by atoms with E-state index in [-0.39, 0.29) is 18.6 Å². The Balaban J connectivity index is 1.92. The number of carbonyl (C=O) groups excluding carboxylic acids is 1. The third-order valence-electron chi connectivity index (χ3n) is 4.10. The molecule has 0 aromatic heterocycles. The Labute approximate surface area is 138 Å². The first-order valence-corrected chi connectivity index (χ1v) is 7.93. The van der Waals surface area contributed by atoms with Gasteiger partial charge < -0.3 is 10.1 Å². The molecule has 0 unspecified atom stereocenters. The SMILES string of the molecule is Cc1ccc(OCC(=O)N[C@@H](C)c2ccc(C)c(C)c2)c(C)c1. The average Bonchev–Trinajstić information content (AvgIpc) is 2.49. The predicted molar refractivity (Wildman–Crippen MR) is 93.9 cm³/mol. The minimum absolute atomic E-state index is 0.0269. The summed E-state index contributed by atoms with van der Waals surface area (Å²) in [5.74, 6) is 0.639. The highest BCUT2D eigenvalue weighted by molar-refractivity contribution is 5.78. The van der Waals surface area contributed by atoms with Crippen molar-refractivity contribution in [3.63, 3.8) is 0 Å². The van der Waals surface area contributed by atoms with Gasteiger partial charge in [-0.05, 0) is 62.9 Å². The highest BCUT2D eigenvalue weighted by Crippen LogP contribution is 2.19. The minimum atomic E-state index is -0.115. The van der Waals surface area contributed by atoms with Gasteiger partial charge in [0.2, 0.25) is 0 Å². The second kappa shape index (κ2) is 7.32. The Morgan fingerprint density at radius 3 is 2.39 bits per heavy atom. The van der Waals surface area contributed by atoms with Crippen molar-refractivity contribution in [2.24, 2.45) is 0 Å². The molecule has 0 heterocycles. The standard InChI is InChI=1S/C20H25NO2/c1-13-6-9-19(16(4)10-13)23-12-20(22)21-17(5)18-8-7-14(2)15(3)11-18/h6-11,17H,12H2,1-5H3,(H,21,22)/t17-/m0/s1. The van der Waals surface area contributed by atoms with Crippen LogP contribution in [-0.2, 0) is 4.79 Å². The first-order valence-electron chi connectivity index (χ1n) is 7.93. The van der Waals surface area contributed by atoms with E-state index < -0.39 is 0 Å². The molecule has 0 saturated carbocycles. The van der Waals surface area contributed by atoms with E-state index in [2.05, 4.69) is 37.4 Å². The van der Waals surface area contributed by atoms with Gasteiger partial charge in [-0.15, -0.1) is 0 Å². The van der Waals surface area contributed by atoms with Gasteiger partial charge in [0.1, 0.15) is 5.75 Å². The summed E-state index contributed by atoms with van der Waals surface area (Å²) in [5, 5.41) is 2.98. The van der Waals surface area contributed by atoms with E-state index in [9.17, 15) is 4.79 Å². The van der Waals surface area contributed by atoms with Gasteiger partial charge in [0.15, 0.2) is 6.61 Å². The second-order valence-corrected chi connectivity index (χ2v) is 6.19. The molecule has 2 aromatic carbocycles. The van der Waals surface area contributed by atoms with Crippen molar-refractivity contribution >= 4 is 5.91 Å². The molecule has 0 spiro atoms. The topological polar surface area (TPSA) is 38.3 Å². The summed E-state index contributed by atoms with van der Waals surface area (Å²) in [5.41, 5.74) is 5.82. The highest BCUT2D eigenvalue weighted by Gasteiger charge is 2.11. The van der Waals surface area contributed by atoms with Gasteiger partial charge in [-0.2, -0.15) is 0 Å². The van der Waals surface area contributed by atoms with Gasteiger partial charge in [-0.3, -0.25) is 4.79 Å². The summed E-state index contributed by atoms with van der Waals surface area (Å²) in [6.45, 7) is 10.2. The molecule has 23 heavy (non-hydrogen) atoms. The third kappa shape index (κ3) is 4.59. The summed E-state index contributed by atoms with van der Waals surface area (Å²) >= 11 is 0. The van der Waals surface area contributed by atoms with Gasteiger partial charge in [0.25, 0.3) is 5.91 Å². The molecule has 2 rings (SSSR count). The van der Waals surface area contributed by atoms with Crippen LogP contribution in [0.4, 0.5) is 0 Å². The maximum Gasteiger partial charge on any atom is 0.258 e. The van der Waals surface area contributed by atoms with E-state index in [0.717, 1.165) is 16.9 Å². The van der Waals surface area contributed by atoms with Crippen LogP contribution in [-0.4, -0.2) is 12.5 Å². The van der Waals surface area contributed by atoms with Crippen molar-refractivity contribution in [2.75, 3.05) is 6.61 Å². The summed E-state index contributed by atoms with van der Waals surface area (Å²) in [4.78, 5) is 12.1. The Hall–Kier alpha value is -2.29. The monoisotopic (exact) mass is 311 g/mol. The third-order valence-corrected chi connectivity index (χ3v) is 4.10. The van der Waals surface area contributed by atoms with Gasteiger partial charge in [0.05, 0.1) is 6.04 Å². The molecular weight excluding hydrogens is 286 g/mol. The van der Waals surface area contributed by atoms with Crippen LogP contribution in [0, 0.1) is 27.7 Å². The zero-order valence-electron chi connectivity index (χ0n) is 14.6. The van der Waals surface area contributed by atoms with Crippen molar-refractivity contribution < 1.29 is 9.53 Å². The van der Waals surface area contributed by atoms with Crippen LogP contribution in [0.2, 0.25) is 0 Å². The lowest BCUT2D eigenvalue weighted by molar-refractivity contribution is -0.123. The summed E-state index contributed by atoms with van der Waals surface area (Å²) in [7, 11) is 0. The zero-order chi connectivity index (χ0) is 17.0. The normalized spacial score (nSPS) is 11.9. The van der Waals surface area contributed by atoms with Crippen molar-refractivity contribution in [3.8, 4) is 5.75 Å². The molecule has 0 aliphatic rings. The van der Waals surface area contributed by atoms with E-state index in [1.165, 1.54) is 16.7 Å². The summed E-state index contributed by atoms with van der Waals surface area (Å²) in [6, 6.07) is 12.2. The van der Waals surface area contributed by atoms with Crippen LogP contribution in [0.25, 0.3) is 0 Å². The Morgan fingerprint density at radius 2 is 1.74 bits per heavy atom. The van der Waals surface area contributed by atoms with Gasteiger partial charge in [-0.1, -0.05) is 35.9 Å². The van der Waals surface area contributed by atoms with E-state index >= 15 is 0 Å². The number of carbonyl (C=O) groups is 1. The Morgan fingerprint density at radius 1 is 1.00 bits per heavy atom. The smallest absolute Gasteiger partial charge is 0.258 e. The lowest BCUT2D eigenvalue weighted by Gasteiger charge is -2.16. The van der Waals surface area contributed by atoms with Crippen LogP contribution < -0.4 is 10.1 Å². The van der Waals surface area contributed by atoms with Crippen LogP contribution in [0.15, 0.2) is 36.4 Å². The maximum absolute atomic E-state index is 12.1. The fourth-order valence-electron chi connectivity index (χ4n) is 2.51. The fraction of sp³-hybridized carbons (Fsp3) is 0.350. The van der Waals surface area contributed by atoms with Crippen molar-refractivity contribution in [3.05, 3.63) is 64.2 Å². The number of nitrogens with one attached hydrogen (secondary N) is 1. The largest absolute Gasteiger partial charge is 0.484 e.